The highest BCUT2D eigenvalue weighted by molar-refractivity contribution is 5.78. The third-order valence-electron chi connectivity index (χ3n) is 3.28. The maximum absolute atomic E-state index is 11.9. The van der Waals surface area contributed by atoms with Gasteiger partial charge in [-0.3, -0.25) is 4.79 Å². The zero-order valence-corrected chi connectivity index (χ0v) is 10.2. The summed E-state index contributed by atoms with van der Waals surface area (Å²) >= 11 is 0. The fourth-order valence-electron chi connectivity index (χ4n) is 2.24. The fraction of sp³-hybridized carbons (Fsp3) is 0.769. The SMILES string of the molecule is C=CCCCCN(C)C(=O)C1CC[C@H](O)C1. The standard InChI is InChI=1S/C13H23NO2/c1-3-4-5-6-9-14(2)13(16)11-7-8-12(15)10-11/h3,11-12,15H,1,4-10H2,2H3/t11?,12-/m0/s1. The van der Waals surface area contributed by atoms with Gasteiger partial charge in [0.2, 0.25) is 5.91 Å². The number of amides is 1. The molecule has 1 amide bonds. The van der Waals surface area contributed by atoms with Crippen LogP contribution in [0.1, 0.15) is 38.5 Å². The molecule has 3 heteroatoms. The average molecular weight is 225 g/mol. The first kappa shape index (κ1) is 13.2. The Labute approximate surface area is 98.1 Å². The molecule has 1 rings (SSSR count). The molecule has 3 nitrogen and oxygen atoms in total. The van der Waals surface area contributed by atoms with E-state index < -0.39 is 0 Å². The maximum Gasteiger partial charge on any atom is 0.225 e. The second-order valence-corrected chi connectivity index (χ2v) is 4.71. The van der Waals surface area contributed by atoms with Crippen molar-refractivity contribution in [2.45, 2.75) is 44.6 Å². The van der Waals surface area contributed by atoms with Crippen LogP contribution in [0.15, 0.2) is 12.7 Å². The molecule has 2 atom stereocenters. The number of aliphatic hydroxyl groups is 1. The molecule has 92 valence electrons. The van der Waals surface area contributed by atoms with Crippen LogP contribution in [0.4, 0.5) is 0 Å². The molecule has 0 spiro atoms. The second kappa shape index (κ2) is 6.69. The topological polar surface area (TPSA) is 40.5 Å². The number of unbranched alkanes of at least 4 members (excludes halogenated alkanes) is 2. The lowest BCUT2D eigenvalue weighted by molar-refractivity contribution is -0.134. The highest BCUT2D eigenvalue weighted by Crippen LogP contribution is 2.26. The van der Waals surface area contributed by atoms with Gasteiger partial charge in [0.15, 0.2) is 0 Å². The van der Waals surface area contributed by atoms with E-state index in [2.05, 4.69) is 6.58 Å². The van der Waals surface area contributed by atoms with Crippen LogP contribution in [0.25, 0.3) is 0 Å². The minimum absolute atomic E-state index is 0.0550. The van der Waals surface area contributed by atoms with E-state index in [0.29, 0.717) is 6.42 Å². The number of rotatable bonds is 6. The summed E-state index contributed by atoms with van der Waals surface area (Å²) in [7, 11) is 1.86. The molecule has 1 N–H and O–H groups in total. The predicted molar refractivity (Wildman–Crippen MR) is 65.0 cm³/mol. The van der Waals surface area contributed by atoms with E-state index in [0.717, 1.165) is 38.6 Å². The Morgan fingerprint density at radius 3 is 2.81 bits per heavy atom. The van der Waals surface area contributed by atoms with Gasteiger partial charge in [-0.05, 0) is 38.5 Å². The molecule has 0 heterocycles. The third kappa shape index (κ3) is 3.97. The number of hydrogen-bond acceptors (Lipinski definition) is 2. The average Bonchev–Trinajstić information content (AvgIpc) is 2.70. The van der Waals surface area contributed by atoms with Gasteiger partial charge >= 0.3 is 0 Å². The zero-order chi connectivity index (χ0) is 12.0. The molecule has 1 fully saturated rings. The maximum atomic E-state index is 11.9. The van der Waals surface area contributed by atoms with Crippen molar-refractivity contribution >= 4 is 5.91 Å². The summed E-state index contributed by atoms with van der Waals surface area (Å²) in [6.45, 7) is 4.49. The van der Waals surface area contributed by atoms with Gasteiger partial charge in [0.25, 0.3) is 0 Å². The monoisotopic (exact) mass is 225 g/mol. The molecule has 0 aliphatic heterocycles. The lowest BCUT2D eigenvalue weighted by atomic mass is 10.1. The predicted octanol–water partition coefficient (Wildman–Crippen LogP) is 1.96. The minimum atomic E-state index is -0.261. The van der Waals surface area contributed by atoms with Crippen LogP contribution >= 0.6 is 0 Å². The van der Waals surface area contributed by atoms with Crippen LogP contribution < -0.4 is 0 Å². The molecule has 1 aliphatic rings. The molecular formula is C13H23NO2. The van der Waals surface area contributed by atoms with Gasteiger partial charge in [0.1, 0.15) is 0 Å². The van der Waals surface area contributed by atoms with Crippen molar-refractivity contribution in [1.29, 1.82) is 0 Å². The van der Waals surface area contributed by atoms with E-state index >= 15 is 0 Å². The van der Waals surface area contributed by atoms with Crippen molar-refractivity contribution < 1.29 is 9.90 Å². The smallest absolute Gasteiger partial charge is 0.225 e. The van der Waals surface area contributed by atoms with Gasteiger partial charge in [-0.15, -0.1) is 6.58 Å². The Kier molecular flexibility index (Phi) is 5.53. The van der Waals surface area contributed by atoms with Crippen LogP contribution in [0.3, 0.4) is 0 Å². The minimum Gasteiger partial charge on any atom is -0.393 e. The van der Waals surface area contributed by atoms with Gasteiger partial charge in [0.05, 0.1) is 6.10 Å². The van der Waals surface area contributed by atoms with Crippen LogP contribution in [-0.4, -0.2) is 35.6 Å². The molecule has 0 aromatic carbocycles. The number of nitrogens with zero attached hydrogens (tertiary/aromatic N) is 1. The molecule has 16 heavy (non-hydrogen) atoms. The Morgan fingerprint density at radius 2 is 2.25 bits per heavy atom. The number of carbonyl (C=O) groups is 1. The summed E-state index contributed by atoms with van der Waals surface area (Å²) in [5, 5.41) is 9.39. The van der Waals surface area contributed by atoms with E-state index in [4.69, 9.17) is 0 Å². The normalized spacial score (nSPS) is 24.4. The van der Waals surface area contributed by atoms with E-state index in [1.54, 1.807) is 0 Å². The van der Waals surface area contributed by atoms with E-state index in [-0.39, 0.29) is 17.9 Å². The van der Waals surface area contributed by atoms with Gasteiger partial charge in [-0.1, -0.05) is 6.08 Å². The molecule has 1 aliphatic carbocycles. The van der Waals surface area contributed by atoms with Gasteiger partial charge in [-0.2, -0.15) is 0 Å². The molecule has 1 saturated carbocycles. The van der Waals surface area contributed by atoms with Crippen molar-refractivity contribution in [1.82, 2.24) is 4.90 Å². The van der Waals surface area contributed by atoms with Gasteiger partial charge in [0, 0.05) is 19.5 Å². The van der Waals surface area contributed by atoms with Crippen LogP contribution in [0, 0.1) is 5.92 Å². The third-order valence-corrected chi connectivity index (χ3v) is 3.28. The molecule has 1 unspecified atom stereocenters. The van der Waals surface area contributed by atoms with Crippen molar-refractivity contribution in [3.05, 3.63) is 12.7 Å². The number of allylic oxidation sites excluding steroid dienone is 1. The summed E-state index contributed by atoms with van der Waals surface area (Å²) in [4.78, 5) is 13.8. The Bertz CT molecular complexity index is 240. The van der Waals surface area contributed by atoms with Crippen molar-refractivity contribution in [3.8, 4) is 0 Å². The summed E-state index contributed by atoms with van der Waals surface area (Å²) in [6.07, 6.45) is 7.06. The Morgan fingerprint density at radius 1 is 1.50 bits per heavy atom. The number of aliphatic hydroxyl groups excluding tert-OH is 1. The summed E-state index contributed by atoms with van der Waals surface area (Å²) in [5.41, 5.74) is 0. The van der Waals surface area contributed by atoms with E-state index in [9.17, 15) is 9.90 Å². The lowest BCUT2D eigenvalue weighted by Gasteiger charge is -2.20. The first-order chi connectivity index (χ1) is 7.65. The quantitative estimate of drug-likeness (QED) is 0.554. The van der Waals surface area contributed by atoms with E-state index in [1.807, 2.05) is 18.0 Å². The highest BCUT2D eigenvalue weighted by Gasteiger charge is 2.30. The first-order valence-electron chi connectivity index (χ1n) is 6.19. The van der Waals surface area contributed by atoms with Crippen molar-refractivity contribution in [2.75, 3.05) is 13.6 Å². The molecule has 0 saturated heterocycles. The van der Waals surface area contributed by atoms with Gasteiger partial charge in [-0.25, -0.2) is 0 Å². The zero-order valence-electron chi connectivity index (χ0n) is 10.2. The van der Waals surface area contributed by atoms with Crippen molar-refractivity contribution in [2.24, 2.45) is 5.92 Å². The van der Waals surface area contributed by atoms with Crippen LogP contribution in [0.5, 0.6) is 0 Å². The Hall–Kier alpha value is -0.830. The van der Waals surface area contributed by atoms with E-state index in [1.165, 1.54) is 0 Å². The Balaban J connectivity index is 2.22. The summed E-state index contributed by atoms with van der Waals surface area (Å²) in [5.74, 6) is 0.259. The molecule has 0 bridgehead atoms. The summed E-state index contributed by atoms with van der Waals surface area (Å²) in [6, 6.07) is 0. The molecular weight excluding hydrogens is 202 g/mol. The van der Waals surface area contributed by atoms with Crippen LogP contribution in [-0.2, 0) is 4.79 Å². The number of carbonyl (C=O) groups excluding carboxylic acids is 1. The number of hydrogen-bond donors (Lipinski definition) is 1. The molecule has 0 aromatic rings. The van der Waals surface area contributed by atoms with Crippen molar-refractivity contribution in [3.63, 3.8) is 0 Å². The second-order valence-electron chi connectivity index (χ2n) is 4.71. The summed E-state index contributed by atoms with van der Waals surface area (Å²) < 4.78 is 0. The first-order valence-corrected chi connectivity index (χ1v) is 6.19. The van der Waals surface area contributed by atoms with Crippen LogP contribution in [0.2, 0.25) is 0 Å². The van der Waals surface area contributed by atoms with Gasteiger partial charge < -0.3 is 10.0 Å². The lowest BCUT2D eigenvalue weighted by Crippen LogP contribution is -2.32. The largest absolute Gasteiger partial charge is 0.393 e. The fourth-order valence-corrected chi connectivity index (χ4v) is 2.24. The molecule has 0 aromatic heterocycles. The molecule has 0 radical (unpaired) electrons. The highest BCUT2D eigenvalue weighted by atomic mass is 16.3.